The molecule has 3 heterocycles. The number of H-pyrrole nitrogens is 1. The number of ether oxygens (including phenoxy) is 1. The van der Waals surface area contributed by atoms with Crippen molar-refractivity contribution < 1.29 is 13.2 Å². The van der Waals surface area contributed by atoms with Crippen LogP contribution in [0, 0.1) is 6.92 Å². The maximum absolute atomic E-state index is 13.0. The number of fused-ring (bicyclic) bond motifs is 3. The van der Waals surface area contributed by atoms with Gasteiger partial charge in [0.2, 0.25) is 15.2 Å². The summed E-state index contributed by atoms with van der Waals surface area (Å²) in [5.41, 5.74) is 4.39. The fraction of sp³-hybridized carbons (Fsp3) is 0.286. The minimum atomic E-state index is -3.58. The Kier molecular flexibility index (Phi) is 5.39. The molecule has 8 nitrogen and oxygen atoms in total. The van der Waals surface area contributed by atoms with Crippen molar-refractivity contribution in [2.45, 2.75) is 22.7 Å². The summed E-state index contributed by atoms with van der Waals surface area (Å²) in [7, 11) is -3.58. The molecular weight excluding hydrogens is 434 g/mol. The Labute approximate surface area is 184 Å². The van der Waals surface area contributed by atoms with E-state index in [1.165, 1.54) is 27.2 Å². The summed E-state index contributed by atoms with van der Waals surface area (Å²) in [6, 6.07) is 13.2. The zero-order valence-electron chi connectivity index (χ0n) is 16.9. The Morgan fingerprint density at radius 2 is 1.94 bits per heavy atom. The lowest BCUT2D eigenvalue weighted by atomic mass is 10.1. The van der Waals surface area contributed by atoms with Crippen molar-refractivity contribution >= 4 is 43.9 Å². The van der Waals surface area contributed by atoms with E-state index in [0.717, 1.165) is 11.3 Å². The van der Waals surface area contributed by atoms with Crippen molar-refractivity contribution in [2.75, 3.05) is 26.3 Å². The van der Waals surface area contributed by atoms with Crippen LogP contribution in [0.3, 0.4) is 0 Å². The van der Waals surface area contributed by atoms with Gasteiger partial charge < -0.3 is 9.72 Å². The lowest BCUT2D eigenvalue weighted by molar-refractivity contribution is 0.0730. The molecule has 1 aliphatic rings. The Morgan fingerprint density at radius 1 is 1.13 bits per heavy atom. The van der Waals surface area contributed by atoms with Crippen molar-refractivity contribution in [1.82, 2.24) is 24.5 Å². The van der Waals surface area contributed by atoms with E-state index in [-0.39, 0.29) is 4.90 Å². The molecule has 0 radical (unpaired) electrons. The van der Waals surface area contributed by atoms with E-state index in [9.17, 15) is 8.42 Å². The van der Waals surface area contributed by atoms with Gasteiger partial charge in [-0.05, 0) is 36.2 Å². The minimum absolute atomic E-state index is 0.239. The molecule has 5 rings (SSSR count). The van der Waals surface area contributed by atoms with Crippen molar-refractivity contribution in [3.63, 3.8) is 0 Å². The van der Waals surface area contributed by atoms with Crippen LogP contribution >= 0.6 is 11.8 Å². The third-order valence-corrected chi connectivity index (χ3v) is 8.17. The molecule has 2 aromatic heterocycles. The van der Waals surface area contributed by atoms with Crippen LogP contribution in [0.5, 0.6) is 0 Å². The van der Waals surface area contributed by atoms with E-state index in [4.69, 9.17) is 4.74 Å². The molecule has 0 amide bonds. The number of morpholine rings is 1. The third kappa shape index (κ3) is 3.91. The Hall–Kier alpha value is -2.53. The lowest BCUT2D eigenvalue weighted by Gasteiger charge is -2.26. The van der Waals surface area contributed by atoms with E-state index in [1.807, 2.05) is 12.1 Å². The summed E-state index contributed by atoms with van der Waals surface area (Å²) in [6.45, 7) is 3.62. The zero-order chi connectivity index (χ0) is 21.4. The second-order valence-electron chi connectivity index (χ2n) is 7.36. The highest BCUT2D eigenvalue weighted by Crippen LogP contribution is 2.28. The quantitative estimate of drug-likeness (QED) is 0.461. The van der Waals surface area contributed by atoms with Gasteiger partial charge in [0.1, 0.15) is 5.52 Å². The number of aromatic amines is 1. The van der Waals surface area contributed by atoms with Crippen LogP contribution in [-0.4, -0.2) is 59.2 Å². The predicted molar refractivity (Wildman–Crippen MR) is 120 cm³/mol. The maximum Gasteiger partial charge on any atom is 0.243 e. The number of sulfonamides is 1. The summed E-state index contributed by atoms with van der Waals surface area (Å²) in [4.78, 5) is 8.07. The van der Waals surface area contributed by atoms with Gasteiger partial charge >= 0.3 is 0 Å². The van der Waals surface area contributed by atoms with Crippen LogP contribution in [0.15, 0.2) is 52.5 Å². The fourth-order valence-electron chi connectivity index (χ4n) is 3.61. The standard InChI is InChI=1S/C21H21N5O3S2/c1-14-4-2-3-5-15(14)13-30-21-23-20-19(24-25-21)17-12-16(6-7-18(17)22-20)31(27,28)26-8-10-29-11-9-26/h2-7,12H,8-11,13H2,1H3,(H,22,23,25). The monoisotopic (exact) mass is 455 g/mol. The molecule has 4 aromatic rings. The van der Waals surface area contributed by atoms with Gasteiger partial charge in [-0.25, -0.2) is 13.4 Å². The van der Waals surface area contributed by atoms with Gasteiger partial charge in [-0.3, -0.25) is 0 Å². The summed E-state index contributed by atoms with van der Waals surface area (Å²) < 4.78 is 32.7. The number of thioether (sulfide) groups is 1. The van der Waals surface area contributed by atoms with E-state index in [0.29, 0.717) is 48.0 Å². The van der Waals surface area contributed by atoms with Crippen molar-refractivity contribution in [1.29, 1.82) is 0 Å². The summed E-state index contributed by atoms with van der Waals surface area (Å²) in [6.07, 6.45) is 0. The number of nitrogens with one attached hydrogen (secondary N) is 1. The molecule has 1 aliphatic heterocycles. The van der Waals surface area contributed by atoms with Crippen molar-refractivity contribution in [2.24, 2.45) is 0 Å². The number of benzene rings is 2. The second kappa shape index (κ2) is 8.19. The van der Waals surface area contributed by atoms with Crippen molar-refractivity contribution in [3.05, 3.63) is 53.6 Å². The molecule has 0 aliphatic carbocycles. The number of hydrogen-bond donors (Lipinski definition) is 1. The Bertz CT molecular complexity index is 1360. The molecule has 10 heteroatoms. The molecular formula is C21H21N5O3S2. The molecule has 1 fully saturated rings. The highest BCUT2D eigenvalue weighted by atomic mass is 32.2. The molecule has 31 heavy (non-hydrogen) atoms. The molecule has 0 saturated carbocycles. The number of nitrogens with zero attached hydrogens (tertiary/aromatic N) is 4. The first-order valence-electron chi connectivity index (χ1n) is 9.94. The SMILES string of the molecule is Cc1ccccc1CSc1nnc2c(n1)[nH]c1ccc(S(=O)(=O)N3CCOCC3)cc12. The highest BCUT2D eigenvalue weighted by Gasteiger charge is 2.27. The van der Waals surface area contributed by atoms with Gasteiger partial charge in [0.25, 0.3) is 0 Å². The van der Waals surface area contributed by atoms with Gasteiger partial charge in [0.05, 0.1) is 18.1 Å². The fourth-order valence-corrected chi connectivity index (χ4v) is 5.91. The number of hydrogen-bond acceptors (Lipinski definition) is 7. The average molecular weight is 456 g/mol. The van der Waals surface area contributed by atoms with Crippen LogP contribution in [0.2, 0.25) is 0 Å². The molecule has 1 saturated heterocycles. The van der Waals surface area contributed by atoms with E-state index in [2.05, 4.69) is 39.2 Å². The Morgan fingerprint density at radius 3 is 2.74 bits per heavy atom. The van der Waals surface area contributed by atoms with Gasteiger partial charge in [-0.2, -0.15) is 4.31 Å². The molecule has 160 valence electrons. The molecule has 0 spiro atoms. The van der Waals surface area contributed by atoms with Crippen LogP contribution in [-0.2, 0) is 20.5 Å². The first kappa shape index (κ1) is 20.4. The highest BCUT2D eigenvalue weighted by molar-refractivity contribution is 7.98. The topological polar surface area (TPSA) is 101 Å². The van der Waals surface area contributed by atoms with E-state index >= 15 is 0 Å². The molecule has 1 N–H and O–H groups in total. The van der Waals surface area contributed by atoms with Gasteiger partial charge in [-0.1, -0.05) is 36.0 Å². The Balaban J connectivity index is 1.45. The van der Waals surface area contributed by atoms with Gasteiger partial charge in [0, 0.05) is 29.7 Å². The van der Waals surface area contributed by atoms with Crippen LogP contribution < -0.4 is 0 Å². The first-order chi connectivity index (χ1) is 15.0. The van der Waals surface area contributed by atoms with Gasteiger partial charge in [-0.15, -0.1) is 10.2 Å². The summed E-state index contributed by atoms with van der Waals surface area (Å²) in [5.74, 6) is 0.752. The lowest BCUT2D eigenvalue weighted by Crippen LogP contribution is -2.40. The first-order valence-corrected chi connectivity index (χ1v) is 12.4. The summed E-state index contributed by atoms with van der Waals surface area (Å²) in [5, 5.41) is 9.87. The molecule has 0 atom stereocenters. The number of aromatic nitrogens is 4. The van der Waals surface area contributed by atoms with Gasteiger partial charge in [0.15, 0.2) is 5.65 Å². The number of aryl methyl sites for hydroxylation is 1. The maximum atomic E-state index is 13.0. The van der Waals surface area contributed by atoms with Crippen LogP contribution in [0.25, 0.3) is 22.1 Å². The van der Waals surface area contributed by atoms with Crippen LogP contribution in [0.1, 0.15) is 11.1 Å². The average Bonchev–Trinajstić information content (AvgIpc) is 3.16. The van der Waals surface area contributed by atoms with Crippen molar-refractivity contribution in [3.8, 4) is 0 Å². The van der Waals surface area contributed by atoms with E-state index in [1.54, 1.807) is 18.2 Å². The predicted octanol–water partition coefficient (Wildman–Crippen LogP) is 3.13. The van der Waals surface area contributed by atoms with E-state index < -0.39 is 10.0 Å². The zero-order valence-corrected chi connectivity index (χ0v) is 18.5. The molecule has 2 aromatic carbocycles. The minimum Gasteiger partial charge on any atom is -0.379 e. The second-order valence-corrected chi connectivity index (χ2v) is 10.2. The summed E-state index contributed by atoms with van der Waals surface area (Å²) >= 11 is 1.52. The largest absolute Gasteiger partial charge is 0.379 e. The van der Waals surface area contributed by atoms with Crippen LogP contribution in [0.4, 0.5) is 0 Å². The number of rotatable bonds is 5. The molecule has 0 bridgehead atoms. The normalized spacial score (nSPS) is 15.6. The third-order valence-electron chi connectivity index (χ3n) is 5.39. The molecule has 0 unspecified atom stereocenters. The smallest absolute Gasteiger partial charge is 0.243 e.